The smallest absolute Gasteiger partial charge is 0.335 e. The van der Waals surface area contributed by atoms with Crippen LogP contribution in [-0.2, 0) is 17.6 Å². The Morgan fingerprint density at radius 3 is 1.69 bits per heavy atom. The summed E-state index contributed by atoms with van der Waals surface area (Å²) in [7, 11) is 0. The zero-order valence-corrected chi connectivity index (χ0v) is 28.5. The maximum Gasteiger partial charge on any atom is 0.335 e. The number of carbonyl (C=O) groups excluding carboxylic acids is 1. The SMILES string of the molecule is CC(C)OC1CCN(C(=O)c2cccc(Cc3n[nH]c(=O)c4ccccc34)c2)CC1.O=C(O)c1cccc(Cc2n[nH]c(=O)c3ccccc23)c1. The predicted octanol–water partition coefficient (Wildman–Crippen LogP) is 5.76. The molecule has 1 fully saturated rings. The summed E-state index contributed by atoms with van der Waals surface area (Å²) >= 11 is 0. The summed E-state index contributed by atoms with van der Waals surface area (Å²) in [6.07, 6.45) is 3.20. The fourth-order valence-corrected chi connectivity index (χ4v) is 6.39. The van der Waals surface area contributed by atoms with Crippen molar-refractivity contribution in [3.05, 3.63) is 151 Å². The topological polar surface area (TPSA) is 158 Å². The number of hydrogen-bond acceptors (Lipinski definition) is 7. The fraction of sp³-hybridized carbons (Fsp3) is 0.250. The molecule has 260 valence electrons. The van der Waals surface area contributed by atoms with Crippen molar-refractivity contribution in [2.45, 2.75) is 51.7 Å². The van der Waals surface area contributed by atoms with Crippen LogP contribution < -0.4 is 11.1 Å². The number of benzene rings is 4. The van der Waals surface area contributed by atoms with E-state index in [1.807, 2.05) is 79.4 Å². The number of amides is 1. The molecule has 0 atom stereocenters. The standard InChI is InChI=1S/C24H27N3O3.C16H12N2O3/c1-16(2)30-19-10-12-27(13-11-19)24(29)18-7-5-6-17(14-18)15-22-20-8-3-4-9-21(20)23(28)26-25-22;19-15-13-7-2-1-6-12(13)14(17-18-15)9-10-4-3-5-11(8-10)16(20)21/h3-9,14,16,19H,10-13,15H2,1-2H3,(H,26,28);1-8H,9H2,(H,18,19)(H,20,21). The first kappa shape index (κ1) is 34.9. The number of fused-ring (bicyclic) bond motifs is 2. The number of ether oxygens (including phenoxy) is 1. The second-order valence-electron chi connectivity index (χ2n) is 12.8. The maximum atomic E-state index is 13.0. The van der Waals surface area contributed by atoms with E-state index in [9.17, 15) is 19.2 Å². The predicted molar refractivity (Wildman–Crippen MR) is 195 cm³/mol. The first-order chi connectivity index (χ1) is 24.7. The van der Waals surface area contributed by atoms with Gasteiger partial charge < -0.3 is 14.7 Å². The number of aromatic carboxylic acids is 1. The van der Waals surface area contributed by atoms with E-state index in [1.54, 1.807) is 36.4 Å². The number of H-pyrrole nitrogens is 2. The van der Waals surface area contributed by atoms with Gasteiger partial charge in [0, 0.05) is 42.3 Å². The number of nitrogens with one attached hydrogen (secondary N) is 2. The minimum atomic E-state index is -0.962. The summed E-state index contributed by atoms with van der Waals surface area (Å²) in [5.74, 6) is -0.907. The molecule has 6 aromatic rings. The summed E-state index contributed by atoms with van der Waals surface area (Å²) in [5, 5.41) is 25.2. The van der Waals surface area contributed by atoms with E-state index in [2.05, 4.69) is 20.4 Å². The van der Waals surface area contributed by atoms with Crippen LogP contribution in [0.25, 0.3) is 21.5 Å². The number of rotatable bonds is 8. The van der Waals surface area contributed by atoms with Crippen LogP contribution in [0, 0.1) is 0 Å². The lowest BCUT2D eigenvalue weighted by atomic mass is 10.0. The van der Waals surface area contributed by atoms with Crippen LogP contribution in [0.5, 0.6) is 0 Å². The van der Waals surface area contributed by atoms with Gasteiger partial charge in [-0.1, -0.05) is 60.7 Å². The number of aromatic amines is 2. The third-order valence-electron chi connectivity index (χ3n) is 8.83. The minimum absolute atomic E-state index is 0.0548. The Balaban J connectivity index is 0.000000187. The van der Waals surface area contributed by atoms with Gasteiger partial charge in [-0.15, -0.1) is 0 Å². The van der Waals surface area contributed by atoms with Crippen molar-refractivity contribution in [2.24, 2.45) is 0 Å². The largest absolute Gasteiger partial charge is 0.478 e. The quantitative estimate of drug-likeness (QED) is 0.183. The Morgan fingerprint density at radius 1 is 0.725 bits per heavy atom. The Kier molecular flexibility index (Phi) is 10.8. The summed E-state index contributed by atoms with van der Waals surface area (Å²) in [4.78, 5) is 49.7. The molecule has 0 radical (unpaired) electrons. The highest BCUT2D eigenvalue weighted by molar-refractivity contribution is 5.94. The van der Waals surface area contributed by atoms with Crippen molar-refractivity contribution in [3.8, 4) is 0 Å². The molecule has 7 rings (SSSR count). The van der Waals surface area contributed by atoms with Gasteiger partial charge in [-0.25, -0.2) is 15.0 Å². The van der Waals surface area contributed by atoms with Crippen molar-refractivity contribution in [1.82, 2.24) is 25.3 Å². The average molecular weight is 686 g/mol. The van der Waals surface area contributed by atoms with E-state index in [0.29, 0.717) is 48.0 Å². The fourth-order valence-electron chi connectivity index (χ4n) is 6.39. The van der Waals surface area contributed by atoms with Gasteiger partial charge in [0.15, 0.2) is 0 Å². The number of aromatic nitrogens is 4. The second-order valence-corrected chi connectivity index (χ2v) is 12.8. The van der Waals surface area contributed by atoms with E-state index in [4.69, 9.17) is 9.84 Å². The number of likely N-dealkylation sites (tertiary alicyclic amines) is 1. The first-order valence-corrected chi connectivity index (χ1v) is 16.9. The average Bonchev–Trinajstić information content (AvgIpc) is 3.14. The van der Waals surface area contributed by atoms with Gasteiger partial charge in [0.2, 0.25) is 0 Å². The monoisotopic (exact) mass is 685 g/mol. The van der Waals surface area contributed by atoms with E-state index in [-0.39, 0.29) is 34.8 Å². The molecular formula is C40H39N5O6. The molecular weight excluding hydrogens is 646 g/mol. The Labute approximate surface area is 293 Å². The van der Waals surface area contributed by atoms with Crippen LogP contribution >= 0.6 is 0 Å². The van der Waals surface area contributed by atoms with Crippen LogP contribution in [0.4, 0.5) is 0 Å². The molecule has 3 heterocycles. The number of piperidine rings is 1. The van der Waals surface area contributed by atoms with Gasteiger partial charge in [-0.3, -0.25) is 14.4 Å². The summed E-state index contributed by atoms with van der Waals surface area (Å²) < 4.78 is 5.88. The third-order valence-corrected chi connectivity index (χ3v) is 8.83. The molecule has 1 aliphatic rings. The van der Waals surface area contributed by atoms with Crippen molar-refractivity contribution in [1.29, 1.82) is 0 Å². The molecule has 0 spiro atoms. The van der Waals surface area contributed by atoms with E-state index < -0.39 is 5.97 Å². The van der Waals surface area contributed by atoms with Gasteiger partial charge >= 0.3 is 5.97 Å². The third kappa shape index (κ3) is 8.45. The van der Waals surface area contributed by atoms with Crippen molar-refractivity contribution >= 4 is 33.4 Å². The molecule has 1 aliphatic heterocycles. The first-order valence-electron chi connectivity index (χ1n) is 16.9. The molecule has 0 unspecified atom stereocenters. The molecule has 4 aromatic carbocycles. The van der Waals surface area contributed by atoms with Crippen LogP contribution in [-0.4, -0.2) is 67.6 Å². The molecule has 2 aromatic heterocycles. The normalized spacial score (nSPS) is 13.3. The second kappa shape index (κ2) is 15.7. The van der Waals surface area contributed by atoms with E-state index in [1.165, 1.54) is 0 Å². The Hall–Kier alpha value is -5.94. The van der Waals surface area contributed by atoms with E-state index in [0.717, 1.165) is 40.4 Å². The summed E-state index contributed by atoms with van der Waals surface area (Å²) in [6, 6.07) is 29.1. The van der Waals surface area contributed by atoms with Crippen LogP contribution in [0.2, 0.25) is 0 Å². The van der Waals surface area contributed by atoms with Crippen LogP contribution in [0.1, 0.15) is 69.9 Å². The lowest BCUT2D eigenvalue weighted by Gasteiger charge is -2.33. The lowest BCUT2D eigenvalue weighted by Crippen LogP contribution is -2.41. The molecule has 0 aliphatic carbocycles. The van der Waals surface area contributed by atoms with Gasteiger partial charge in [0.05, 0.1) is 39.9 Å². The summed E-state index contributed by atoms with van der Waals surface area (Å²) in [5.41, 5.74) is 3.83. The maximum absolute atomic E-state index is 13.0. The molecule has 0 saturated carbocycles. The molecule has 11 heteroatoms. The minimum Gasteiger partial charge on any atom is -0.478 e. The number of carboxylic acid groups (broad SMARTS) is 1. The number of carbonyl (C=O) groups is 2. The molecule has 1 amide bonds. The Bertz CT molecular complexity index is 2310. The highest BCUT2D eigenvalue weighted by Crippen LogP contribution is 2.21. The zero-order valence-electron chi connectivity index (χ0n) is 28.5. The van der Waals surface area contributed by atoms with E-state index >= 15 is 0 Å². The number of carboxylic acids is 1. The van der Waals surface area contributed by atoms with Gasteiger partial charge in [-0.2, -0.15) is 10.2 Å². The van der Waals surface area contributed by atoms with Crippen molar-refractivity contribution in [3.63, 3.8) is 0 Å². The van der Waals surface area contributed by atoms with Gasteiger partial charge in [0.25, 0.3) is 17.0 Å². The molecule has 51 heavy (non-hydrogen) atoms. The molecule has 11 nitrogen and oxygen atoms in total. The Morgan fingerprint density at radius 2 is 1.20 bits per heavy atom. The highest BCUT2D eigenvalue weighted by atomic mass is 16.5. The van der Waals surface area contributed by atoms with Gasteiger partial charge in [0.1, 0.15) is 0 Å². The van der Waals surface area contributed by atoms with Crippen LogP contribution in [0.15, 0.2) is 107 Å². The highest BCUT2D eigenvalue weighted by Gasteiger charge is 2.25. The summed E-state index contributed by atoms with van der Waals surface area (Å²) in [6.45, 7) is 5.52. The van der Waals surface area contributed by atoms with Crippen LogP contribution in [0.3, 0.4) is 0 Å². The number of nitrogens with zero attached hydrogens (tertiary/aromatic N) is 3. The molecule has 1 saturated heterocycles. The van der Waals surface area contributed by atoms with Crippen molar-refractivity contribution < 1.29 is 19.4 Å². The van der Waals surface area contributed by atoms with Crippen molar-refractivity contribution in [2.75, 3.05) is 13.1 Å². The molecule has 0 bridgehead atoms. The van der Waals surface area contributed by atoms with Gasteiger partial charge in [-0.05, 0) is 74.2 Å². The zero-order chi connectivity index (χ0) is 35.9. The lowest BCUT2D eigenvalue weighted by molar-refractivity contribution is -0.0236. The number of hydrogen-bond donors (Lipinski definition) is 3. The molecule has 3 N–H and O–H groups in total.